The van der Waals surface area contributed by atoms with Crippen molar-refractivity contribution < 1.29 is 4.92 Å². The number of rotatable bonds is 2. The molecule has 4 heteroatoms. The zero-order valence-electron chi connectivity index (χ0n) is 5.73. The molecule has 4 nitrogen and oxygen atoms in total. The molecule has 0 aliphatic carbocycles. The van der Waals surface area contributed by atoms with Gasteiger partial charge in [0.1, 0.15) is 0 Å². The molecule has 1 heterocycles. The van der Waals surface area contributed by atoms with Gasteiger partial charge >= 0.3 is 5.82 Å². The Labute approximate surface area is 63.6 Å². The fourth-order valence-corrected chi connectivity index (χ4v) is 0.803. The average Bonchev–Trinajstić information content (AvgIpc) is 2.36. The Morgan fingerprint density at radius 2 is 2.55 bits per heavy atom. The number of aromatic nitrogens is 1. The van der Waals surface area contributed by atoms with Crippen LogP contribution in [-0.2, 0) is 6.54 Å². The van der Waals surface area contributed by atoms with Crippen LogP contribution in [0.2, 0.25) is 0 Å². The molecule has 0 saturated carbocycles. The minimum absolute atomic E-state index is 0.0305. The number of hydrogen-bond acceptors (Lipinski definition) is 2. The summed E-state index contributed by atoms with van der Waals surface area (Å²) in [6.45, 7) is 0.239. The van der Waals surface area contributed by atoms with Gasteiger partial charge in [-0.25, -0.2) is 4.57 Å². The quantitative estimate of drug-likeness (QED) is 0.359. The van der Waals surface area contributed by atoms with Crippen molar-refractivity contribution in [3.05, 3.63) is 28.4 Å². The van der Waals surface area contributed by atoms with Crippen LogP contribution in [0.5, 0.6) is 0 Å². The van der Waals surface area contributed by atoms with Crippen LogP contribution >= 0.6 is 0 Å². The fourth-order valence-electron chi connectivity index (χ4n) is 0.803. The molecule has 0 amide bonds. The van der Waals surface area contributed by atoms with Gasteiger partial charge in [0.05, 0.1) is 6.20 Å². The van der Waals surface area contributed by atoms with Gasteiger partial charge in [-0.3, -0.25) is 0 Å². The van der Waals surface area contributed by atoms with Gasteiger partial charge in [0.15, 0.2) is 6.54 Å². The van der Waals surface area contributed by atoms with E-state index in [9.17, 15) is 10.1 Å². The fraction of sp³-hybridized carbons (Fsp3) is 0.143. The predicted octanol–water partition coefficient (Wildman–Crippen LogP) is 1.03. The monoisotopic (exact) mass is 150 g/mol. The molecule has 11 heavy (non-hydrogen) atoms. The highest BCUT2D eigenvalue weighted by Gasteiger charge is 2.08. The summed E-state index contributed by atoms with van der Waals surface area (Å²) in [5, 5.41) is 10.3. The van der Waals surface area contributed by atoms with Gasteiger partial charge < -0.3 is 10.1 Å². The van der Waals surface area contributed by atoms with E-state index in [-0.39, 0.29) is 12.4 Å². The molecule has 0 fully saturated rings. The molecule has 0 atom stereocenters. The third-order valence-electron chi connectivity index (χ3n) is 1.25. The van der Waals surface area contributed by atoms with E-state index in [1.54, 1.807) is 12.3 Å². The molecule has 1 rings (SSSR count). The maximum atomic E-state index is 10.3. The largest absolute Gasteiger partial charge is 0.358 e. The lowest BCUT2D eigenvalue weighted by atomic mass is 10.6. The van der Waals surface area contributed by atoms with E-state index in [0.717, 1.165) is 0 Å². The molecule has 1 aromatic rings. The van der Waals surface area contributed by atoms with Crippen LogP contribution in [0.25, 0.3) is 0 Å². The van der Waals surface area contributed by atoms with E-state index in [1.165, 1.54) is 10.6 Å². The summed E-state index contributed by atoms with van der Waals surface area (Å²) in [6.07, 6.45) is 6.58. The smallest absolute Gasteiger partial charge is 0.323 e. The Morgan fingerprint density at radius 1 is 1.82 bits per heavy atom. The summed E-state index contributed by atoms with van der Waals surface area (Å²) in [4.78, 5) is 9.81. The molecule has 0 unspecified atom stereocenters. The number of hydrogen-bond donors (Lipinski definition) is 0. The zero-order valence-corrected chi connectivity index (χ0v) is 5.73. The standard InChI is InChI=1S/C7H6N2O2/c1-2-5-8-6-3-4-7(8)9(10)11/h1,3-4,6H,5H2. The van der Waals surface area contributed by atoms with Crippen molar-refractivity contribution in [2.24, 2.45) is 0 Å². The Balaban J connectivity index is 2.98. The van der Waals surface area contributed by atoms with Gasteiger partial charge in [0, 0.05) is 6.07 Å². The summed E-state index contributed by atoms with van der Waals surface area (Å²) in [5.41, 5.74) is 0. The third kappa shape index (κ3) is 1.38. The Bertz CT molecular complexity index is 308. The van der Waals surface area contributed by atoms with Gasteiger partial charge in [-0.2, -0.15) is 0 Å². The number of nitrogens with zero attached hydrogens (tertiary/aromatic N) is 2. The molecule has 0 saturated heterocycles. The van der Waals surface area contributed by atoms with E-state index < -0.39 is 4.92 Å². The van der Waals surface area contributed by atoms with Crippen LogP contribution in [0.15, 0.2) is 18.3 Å². The van der Waals surface area contributed by atoms with Gasteiger partial charge in [0.2, 0.25) is 0 Å². The second-order valence-corrected chi connectivity index (χ2v) is 1.96. The second-order valence-electron chi connectivity index (χ2n) is 1.96. The van der Waals surface area contributed by atoms with Gasteiger partial charge in [-0.15, -0.1) is 6.42 Å². The molecule has 0 radical (unpaired) electrons. The molecule has 0 aliphatic rings. The highest BCUT2D eigenvalue weighted by Crippen LogP contribution is 2.10. The van der Waals surface area contributed by atoms with Crippen LogP contribution in [0.4, 0.5) is 5.82 Å². The minimum atomic E-state index is -0.461. The highest BCUT2D eigenvalue weighted by molar-refractivity contribution is 5.22. The first-order valence-corrected chi connectivity index (χ1v) is 2.98. The van der Waals surface area contributed by atoms with Crippen molar-refractivity contribution in [3.8, 4) is 12.3 Å². The topological polar surface area (TPSA) is 48.1 Å². The first kappa shape index (κ1) is 7.35. The Morgan fingerprint density at radius 3 is 3.09 bits per heavy atom. The van der Waals surface area contributed by atoms with Gasteiger partial charge in [-0.1, -0.05) is 5.92 Å². The van der Waals surface area contributed by atoms with Crippen molar-refractivity contribution in [1.29, 1.82) is 0 Å². The molecule has 0 N–H and O–H groups in total. The van der Waals surface area contributed by atoms with Crippen molar-refractivity contribution in [2.45, 2.75) is 6.54 Å². The van der Waals surface area contributed by atoms with Crippen LogP contribution in [0, 0.1) is 22.5 Å². The van der Waals surface area contributed by atoms with Crippen molar-refractivity contribution in [1.82, 2.24) is 4.57 Å². The normalized spacial score (nSPS) is 9.00. The van der Waals surface area contributed by atoms with E-state index in [2.05, 4.69) is 5.92 Å². The van der Waals surface area contributed by atoms with Crippen LogP contribution < -0.4 is 0 Å². The Kier molecular flexibility index (Phi) is 1.93. The molecule has 1 aromatic heterocycles. The van der Waals surface area contributed by atoms with E-state index in [0.29, 0.717) is 0 Å². The van der Waals surface area contributed by atoms with Gasteiger partial charge in [-0.05, 0) is 11.0 Å². The van der Waals surface area contributed by atoms with E-state index in [1.807, 2.05) is 0 Å². The summed E-state index contributed by atoms with van der Waals surface area (Å²) in [5.74, 6) is 2.35. The second kappa shape index (κ2) is 2.88. The molecule has 0 aliphatic heterocycles. The van der Waals surface area contributed by atoms with Crippen LogP contribution in [0.1, 0.15) is 0 Å². The summed E-state index contributed by atoms with van der Waals surface area (Å²) in [7, 11) is 0. The molecule has 0 aromatic carbocycles. The first-order chi connectivity index (χ1) is 5.25. The van der Waals surface area contributed by atoms with Crippen LogP contribution in [-0.4, -0.2) is 9.49 Å². The number of nitro groups is 1. The highest BCUT2D eigenvalue weighted by atomic mass is 16.6. The molecule has 56 valence electrons. The zero-order chi connectivity index (χ0) is 8.27. The SMILES string of the molecule is C#CCn1cccc1[N+](=O)[O-]. The summed E-state index contributed by atoms with van der Waals surface area (Å²) >= 11 is 0. The lowest BCUT2D eigenvalue weighted by molar-refractivity contribution is -0.391. The Hall–Kier alpha value is -1.76. The van der Waals surface area contributed by atoms with E-state index in [4.69, 9.17) is 6.42 Å². The van der Waals surface area contributed by atoms with Gasteiger partial charge in [0.25, 0.3) is 0 Å². The van der Waals surface area contributed by atoms with Crippen molar-refractivity contribution in [2.75, 3.05) is 0 Å². The maximum Gasteiger partial charge on any atom is 0.323 e. The van der Waals surface area contributed by atoms with Crippen LogP contribution in [0.3, 0.4) is 0 Å². The average molecular weight is 150 g/mol. The third-order valence-corrected chi connectivity index (χ3v) is 1.25. The first-order valence-electron chi connectivity index (χ1n) is 2.98. The maximum absolute atomic E-state index is 10.3. The summed E-state index contributed by atoms with van der Waals surface area (Å²) in [6, 6.07) is 3.01. The molecule has 0 bridgehead atoms. The summed E-state index contributed by atoms with van der Waals surface area (Å²) < 4.78 is 1.40. The lowest BCUT2D eigenvalue weighted by Gasteiger charge is -1.94. The van der Waals surface area contributed by atoms with Crippen molar-refractivity contribution >= 4 is 5.82 Å². The predicted molar refractivity (Wildman–Crippen MR) is 39.9 cm³/mol. The molecular formula is C7H6N2O2. The minimum Gasteiger partial charge on any atom is -0.358 e. The lowest BCUT2D eigenvalue weighted by Crippen LogP contribution is -1.99. The molecule has 0 spiro atoms. The molecular weight excluding hydrogens is 144 g/mol. The van der Waals surface area contributed by atoms with Crippen molar-refractivity contribution in [3.63, 3.8) is 0 Å². The van der Waals surface area contributed by atoms with E-state index >= 15 is 0 Å². The number of terminal acetylenes is 1.